The van der Waals surface area contributed by atoms with Crippen LogP contribution in [0.5, 0.6) is 0 Å². The lowest BCUT2D eigenvalue weighted by Crippen LogP contribution is -2.58. The van der Waals surface area contributed by atoms with Crippen LogP contribution < -0.4 is 27.4 Å². The molecule has 1 rings (SSSR count). The predicted octanol–water partition coefficient (Wildman–Crippen LogP) is -1.03. The number of amides is 3. The van der Waals surface area contributed by atoms with Crippen molar-refractivity contribution in [3.8, 4) is 0 Å². The van der Waals surface area contributed by atoms with Gasteiger partial charge in [-0.25, -0.2) is 4.79 Å². The second-order valence-electron chi connectivity index (χ2n) is 8.07. The van der Waals surface area contributed by atoms with Crippen LogP contribution >= 0.6 is 11.8 Å². The number of carboxylic acid groups (broad SMARTS) is 1. The van der Waals surface area contributed by atoms with Crippen molar-refractivity contribution < 1.29 is 29.4 Å². The third-order valence-electron chi connectivity index (χ3n) is 5.26. The number of carbonyl (C=O) groups is 4. The van der Waals surface area contributed by atoms with E-state index in [0.717, 1.165) is 0 Å². The maximum absolute atomic E-state index is 12.9. The van der Waals surface area contributed by atoms with Gasteiger partial charge >= 0.3 is 5.97 Å². The van der Waals surface area contributed by atoms with Crippen LogP contribution in [-0.2, 0) is 25.6 Å². The van der Waals surface area contributed by atoms with Gasteiger partial charge in [-0.1, -0.05) is 30.3 Å². The fourth-order valence-electron chi connectivity index (χ4n) is 3.20. The average Bonchev–Trinajstić information content (AvgIpc) is 2.84. The molecule has 0 spiro atoms. The average molecular weight is 512 g/mol. The number of carboxylic acids is 1. The van der Waals surface area contributed by atoms with E-state index >= 15 is 0 Å². The molecule has 0 bridgehead atoms. The molecule has 0 saturated carbocycles. The topological polar surface area (TPSA) is 197 Å². The molecule has 0 fully saturated rings. The van der Waals surface area contributed by atoms with Gasteiger partial charge in [-0.15, -0.1) is 0 Å². The Morgan fingerprint density at radius 1 is 0.914 bits per heavy atom. The number of hydrogen-bond donors (Lipinski definition) is 7. The van der Waals surface area contributed by atoms with E-state index < -0.39 is 54.5 Å². The van der Waals surface area contributed by atoms with Crippen LogP contribution in [0.15, 0.2) is 30.3 Å². The van der Waals surface area contributed by atoms with Crippen LogP contribution in [0.2, 0.25) is 0 Å². The minimum atomic E-state index is -1.40. The number of aliphatic hydroxyl groups excluding tert-OH is 1. The number of carbonyl (C=O) groups excluding carboxylic acids is 3. The number of nitrogens with one attached hydrogen (secondary N) is 3. The smallest absolute Gasteiger partial charge is 0.326 e. The predicted molar refractivity (Wildman–Crippen MR) is 135 cm³/mol. The molecule has 1 aromatic rings. The van der Waals surface area contributed by atoms with Gasteiger partial charge in [-0.05, 0) is 49.8 Å². The van der Waals surface area contributed by atoms with Gasteiger partial charge in [-0.2, -0.15) is 11.8 Å². The molecule has 0 radical (unpaired) electrons. The number of aliphatic carboxylic acids is 1. The summed E-state index contributed by atoms with van der Waals surface area (Å²) in [4.78, 5) is 49.6. The molecule has 0 aliphatic rings. The van der Waals surface area contributed by atoms with E-state index in [1.54, 1.807) is 42.1 Å². The lowest BCUT2D eigenvalue weighted by Gasteiger charge is -2.24. The number of benzene rings is 1. The van der Waals surface area contributed by atoms with Gasteiger partial charge in [0.05, 0.1) is 12.6 Å². The van der Waals surface area contributed by atoms with Crippen molar-refractivity contribution in [3.63, 3.8) is 0 Å². The monoisotopic (exact) mass is 511 g/mol. The normalized spacial score (nSPS) is 14.3. The Morgan fingerprint density at radius 3 is 2.09 bits per heavy atom. The second kappa shape index (κ2) is 16.9. The number of aliphatic hydroxyl groups is 1. The minimum Gasteiger partial charge on any atom is -0.480 e. The van der Waals surface area contributed by atoms with E-state index in [1.165, 1.54) is 0 Å². The van der Waals surface area contributed by atoms with E-state index in [4.69, 9.17) is 11.5 Å². The lowest BCUT2D eigenvalue weighted by molar-refractivity contribution is -0.142. The highest BCUT2D eigenvalue weighted by molar-refractivity contribution is 7.98. The fraction of sp³-hybridized carbons (Fsp3) is 0.565. The first kappa shape index (κ1) is 30.4. The van der Waals surface area contributed by atoms with Gasteiger partial charge in [0.25, 0.3) is 0 Å². The first-order chi connectivity index (χ1) is 16.7. The molecule has 0 aliphatic carbocycles. The third-order valence-corrected chi connectivity index (χ3v) is 5.91. The largest absolute Gasteiger partial charge is 0.480 e. The van der Waals surface area contributed by atoms with Crippen molar-refractivity contribution in [2.24, 2.45) is 11.5 Å². The van der Waals surface area contributed by atoms with E-state index in [9.17, 15) is 29.4 Å². The van der Waals surface area contributed by atoms with Crippen LogP contribution in [0.25, 0.3) is 0 Å². The summed E-state index contributed by atoms with van der Waals surface area (Å²) >= 11 is 1.54. The van der Waals surface area contributed by atoms with Crippen molar-refractivity contribution in [3.05, 3.63) is 35.9 Å². The van der Waals surface area contributed by atoms with Gasteiger partial charge in [0.1, 0.15) is 18.1 Å². The summed E-state index contributed by atoms with van der Waals surface area (Å²) in [7, 11) is 0. The standard InChI is InChI=1S/C23H37N5O6S/c1-35-12-10-16(25)20(30)26-17(9-5-6-11-24)21(31)28-19(14-29)22(32)27-18(23(33)34)13-15-7-3-2-4-8-15/h2-4,7-8,16-19,29H,5-6,9-14,24-25H2,1H3,(H,26,30)(H,27,32)(H,28,31)(H,33,34). The molecule has 35 heavy (non-hydrogen) atoms. The highest BCUT2D eigenvalue weighted by Crippen LogP contribution is 2.06. The van der Waals surface area contributed by atoms with Crippen molar-refractivity contribution in [2.75, 3.05) is 25.2 Å². The van der Waals surface area contributed by atoms with Gasteiger partial charge in [0.15, 0.2) is 0 Å². The van der Waals surface area contributed by atoms with Crippen molar-refractivity contribution >= 4 is 35.5 Å². The first-order valence-corrected chi connectivity index (χ1v) is 12.9. The Bertz CT molecular complexity index is 813. The minimum absolute atomic E-state index is 0.0275. The quantitative estimate of drug-likeness (QED) is 0.128. The Balaban J connectivity index is 2.84. The van der Waals surface area contributed by atoms with Crippen LogP contribution in [-0.4, -0.2) is 83.2 Å². The molecule has 1 aromatic carbocycles. The summed E-state index contributed by atoms with van der Waals surface area (Å²) in [5.41, 5.74) is 12.1. The molecular formula is C23H37N5O6S. The highest BCUT2D eigenvalue weighted by atomic mass is 32.2. The number of nitrogens with two attached hydrogens (primary N) is 2. The van der Waals surface area contributed by atoms with Gasteiger partial charge in [0, 0.05) is 6.42 Å². The molecule has 0 aliphatic heterocycles. The van der Waals surface area contributed by atoms with Crippen molar-refractivity contribution in [2.45, 2.75) is 56.3 Å². The summed E-state index contributed by atoms with van der Waals surface area (Å²) in [6.45, 7) is -0.346. The number of thioether (sulfide) groups is 1. The van der Waals surface area contributed by atoms with Gasteiger partial charge < -0.3 is 37.6 Å². The van der Waals surface area contributed by atoms with E-state index in [2.05, 4.69) is 16.0 Å². The lowest BCUT2D eigenvalue weighted by atomic mass is 10.1. The van der Waals surface area contributed by atoms with Gasteiger partial charge in [0.2, 0.25) is 17.7 Å². The van der Waals surface area contributed by atoms with E-state index in [1.807, 2.05) is 6.26 Å². The van der Waals surface area contributed by atoms with Crippen LogP contribution in [0.3, 0.4) is 0 Å². The van der Waals surface area contributed by atoms with Crippen LogP contribution in [0.1, 0.15) is 31.2 Å². The number of rotatable bonds is 17. The molecule has 12 heteroatoms. The van der Waals surface area contributed by atoms with Gasteiger partial charge in [-0.3, -0.25) is 14.4 Å². The molecule has 4 atom stereocenters. The van der Waals surface area contributed by atoms with Crippen molar-refractivity contribution in [1.29, 1.82) is 0 Å². The third kappa shape index (κ3) is 11.5. The molecule has 4 unspecified atom stereocenters. The maximum Gasteiger partial charge on any atom is 0.326 e. The Morgan fingerprint density at radius 2 is 1.51 bits per heavy atom. The Hall–Kier alpha value is -2.67. The fourth-order valence-corrected chi connectivity index (χ4v) is 3.69. The SMILES string of the molecule is CSCCC(N)C(=O)NC(CCCCN)C(=O)NC(CO)C(=O)NC(Cc1ccccc1)C(=O)O. The summed E-state index contributed by atoms with van der Waals surface area (Å²) in [6, 6.07) is 4.29. The first-order valence-electron chi connectivity index (χ1n) is 11.5. The van der Waals surface area contributed by atoms with Crippen LogP contribution in [0, 0.1) is 0 Å². The highest BCUT2D eigenvalue weighted by Gasteiger charge is 2.30. The maximum atomic E-state index is 12.9. The zero-order chi connectivity index (χ0) is 26.2. The molecule has 0 heterocycles. The van der Waals surface area contributed by atoms with E-state index in [-0.39, 0.29) is 12.8 Å². The Labute approximate surface area is 209 Å². The summed E-state index contributed by atoms with van der Waals surface area (Å²) in [5, 5.41) is 26.6. The van der Waals surface area contributed by atoms with Crippen molar-refractivity contribution in [1.82, 2.24) is 16.0 Å². The zero-order valence-corrected chi connectivity index (χ0v) is 20.8. The number of hydrogen-bond acceptors (Lipinski definition) is 8. The Kier molecular flexibility index (Phi) is 14.6. The molecule has 3 amide bonds. The molecule has 11 nitrogen and oxygen atoms in total. The molecular weight excluding hydrogens is 474 g/mol. The summed E-state index contributed by atoms with van der Waals surface area (Å²) in [5.74, 6) is -2.61. The molecule has 9 N–H and O–H groups in total. The molecule has 196 valence electrons. The van der Waals surface area contributed by atoms with Crippen LogP contribution in [0.4, 0.5) is 0 Å². The van der Waals surface area contributed by atoms with E-state index in [0.29, 0.717) is 37.1 Å². The molecule has 0 aromatic heterocycles. The summed E-state index contributed by atoms with van der Waals surface area (Å²) < 4.78 is 0. The zero-order valence-electron chi connectivity index (χ0n) is 19.9. The second-order valence-corrected chi connectivity index (χ2v) is 9.05. The summed E-state index contributed by atoms with van der Waals surface area (Å²) in [6.07, 6.45) is 3.78. The number of unbranched alkanes of at least 4 members (excludes halogenated alkanes) is 1. The molecule has 0 saturated heterocycles.